The van der Waals surface area contributed by atoms with Gasteiger partial charge in [0.2, 0.25) is 0 Å². The van der Waals surface area contributed by atoms with Gasteiger partial charge in [0.15, 0.2) is 11.5 Å². The highest BCUT2D eigenvalue weighted by Crippen LogP contribution is 2.37. The highest BCUT2D eigenvalue weighted by Gasteiger charge is 2.23. The summed E-state index contributed by atoms with van der Waals surface area (Å²) in [6, 6.07) is 8.84. The zero-order valence-corrected chi connectivity index (χ0v) is 15.2. The first kappa shape index (κ1) is 17.9. The number of nitrogens with one attached hydrogen (secondary N) is 2. The Hall–Kier alpha value is -2.87. The molecule has 0 saturated carbocycles. The Bertz CT molecular complexity index is 897. The van der Waals surface area contributed by atoms with Crippen molar-refractivity contribution in [1.29, 1.82) is 0 Å². The number of carbonyl (C=O) groups is 2. The zero-order chi connectivity index (χ0) is 18.7. The lowest BCUT2D eigenvalue weighted by molar-refractivity contribution is -0.115. The summed E-state index contributed by atoms with van der Waals surface area (Å²) in [5.74, 6) is 0.103. The molecule has 0 aliphatic carbocycles. The normalized spacial score (nSPS) is 15.0. The van der Waals surface area contributed by atoms with Gasteiger partial charge < -0.3 is 14.8 Å². The Labute approximate surface area is 157 Å². The number of halogens is 2. The summed E-state index contributed by atoms with van der Waals surface area (Å²) in [6.45, 7) is 0.230. The van der Waals surface area contributed by atoms with Crippen molar-refractivity contribution in [3.8, 4) is 11.5 Å². The SMILES string of the molecule is COc1cc(/C=C2\NC(=O)NC2=O)cc(Br)c1OCc1ccc(F)cc1. The molecule has 1 heterocycles. The number of benzene rings is 2. The predicted octanol–water partition coefficient (Wildman–Crippen LogP) is 3.36. The van der Waals surface area contributed by atoms with Gasteiger partial charge in [0, 0.05) is 0 Å². The monoisotopic (exact) mass is 420 g/mol. The second-order valence-corrected chi connectivity index (χ2v) is 6.27. The minimum absolute atomic E-state index is 0.143. The van der Waals surface area contributed by atoms with E-state index in [-0.39, 0.29) is 18.1 Å². The number of carbonyl (C=O) groups excluding carboxylic acids is 2. The predicted molar refractivity (Wildman–Crippen MR) is 96.1 cm³/mol. The second kappa shape index (κ2) is 7.57. The molecule has 0 aromatic heterocycles. The average molecular weight is 421 g/mol. The summed E-state index contributed by atoms with van der Waals surface area (Å²) in [5, 5.41) is 4.55. The molecule has 0 atom stereocenters. The molecule has 2 aromatic rings. The molecule has 1 fully saturated rings. The second-order valence-electron chi connectivity index (χ2n) is 5.42. The van der Waals surface area contributed by atoms with Crippen LogP contribution in [0.1, 0.15) is 11.1 Å². The van der Waals surface area contributed by atoms with Crippen molar-refractivity contribution >= 4 is 33.9 Å². The van der Waals surface area contributed by atoms with E-state index in [2.05, 4.69) is 26.6 Å². The fourth-order valence-electron chi connectivity index (χ4n) is 2.35. The van der Waals surface area contributed by atoms with Crippen LogP contribution in [0.15, 0.2) is 46.6 Å². The Morgan fingerprint density at radius 2 is 1.88 bits per heavy atom. The summed E-state index contributed by atoms with van der Waals surface area (Å²) >= 11 is 3.42. The smallest absolute Gasteiger partial charge is 0.326 e. The molecule has 1 saturated heterocycles. The maximum atomic E-state index is 13.0. The van der Waals surface area contributed by atoms with Crippen molar-refractivity contribution in [2.45, 2.75) is 6.61 Å². The third-order valence-corrected chi connectivity index (χ3v) is 4.17. The number of hydrogen-bond donors (Lipinski definition) is 2. The molecule has 26 heavy (non-hydrogen) atoms. The molecule has 3 amide bonds. The van der Waals surface area contributed by atoms with Crippen LogP contribution in [0.2, 0.25) is 0 Å². The number of ether oxygens (including phenoxy) is 2. The van der Waals surface area contributed by atoms with Gasteiger partial charge in [-0.3, -0.25) is 10.1 Å². The number of hydrogen-bond acceptors (Lipinski definition) is 4. The first-order valence-corrected chi connectivity index (χ1v) is 8.34. The molecule has 8 heteroatoms. The van der Waals surface area contributed by atoms with E-state index < -0.39 is 11.9 Å². The van der Waals surface area contributed by atoms with Crippen LogP contribution in [0.4, 0.5) is 9.18 Å². The number of methoxy groups -OCH3 is 1. The van der Waals surface area contributed by atoms with Crippen molar-refractivity contribution in [2.24, 2.45) is 0 Å². The number of rotatable bonds is 5. The Kier molecular flexibility index (Phi) is 5.22. The van der Waals surface area contributed by atoms with E-state index in [4.69, 9.17) is 9.47 Å². The first-order chi connectivity index (χ1) is 12.5. The van der Waals surface area contributed by atoms with Gasteiger partial charge in [-0.1, -0.05) is 12.1 Å². The zero-order valence-electron chi connectivity index (χ0n) is 13.6. The van der Waals surface area contributed by atoms with Gasteiger partial charge in [-0.2, -0.15) is 0 Å². The molecule has 3 rings (SSSR count). The van der Waals surface area contributed by atoms with Gasteiger partial charge >= 0.3 is 6.03 Å². The molecule has 134 valence electrons. The summed E-state index contributed by atoms with van der Waals surface area (Å²) in [5.41, 5.74) is 1.58. The van der Waals surface area contributed by atoms with Crippen LogP contribution in [0.5, 0.6) is 11.5 Å². The van der Waals surface area contributed by atoms with Crippen molar-refractivity contribution in [3.05, 3.63) is 63.5 Å². The van der Waals surface area contributed by atoms with Crippen molar-refractivity contribution in [2.75, 3.05) is 7.11 Å². The van der Waals surface area contributed by atoms with Crippen LogP contribution < -0.4 is 20.1 Å². The Morgan fingerprint density at radius 3 is 2.50 bits per heavy atom. The average Bonchev–Trinajstić information content (AvgIpc) is 2.92. The number of amides is 3. The summed E-state index contributed by atoms with van der Waals surface area (Å²) in [4.78, 5) is 22.8. The van der Waals surface area contributed by atoms with E-state index in [0.29, 0.717) is 21.5 Å². The molecule has 0 radical (unpaired) electrons. The first-order valence-electron chi connectivity index (χ1n) is 7.55. The van der Waals surface area contributed by atoms with Gasteiger partial charge in [-0.05, 0) is 57.4 Å². The minimum Gasteiger partial charge on any atom is -0.493 e. The highest BCUT2D eigenvalue weighted by atomic mass is 79.9. The molecule has 2 aromatic carbocycles. The molecular formula is C18H14BrFN2O4. The highest BCUT2D eigenvalue weighted by molar-refractivity contribution is 9.10. The topological polar surface area (TPSA) is 76.7 Å². The van der Waals surface area contributed by atoms with E-state index in [1.54, 1.807) is 24.3 Å². The third kappa shape index (κ3) is 4.02. The van der Waals surface area contributed by atoms with E-state index in [1.165, 1.54) is 25.3 Å². The van der Waals surface area contributed by atoms with Crippen LogP contribution in [0, 0.1) is 5.82 Å². The molecule has 1 aliphatic rings. The molecular weight excluding hydrogens is 407 g/mol. The number of imide groups is 1. The maximum Gasteiger partial charge on any atom is 0.326 e. The van der Waals surface area contributed by atoms with Gasteiger partial charge in [-0.25, -0.2) is 9.18 Å². The quantitative estimate of drug-likeness (QED) is 0.574. The molecule has 0 bridgehead atoms. The molecule has 2 N–H and O–H groups in total. The van der Waals surface area contributed by atoms with E-state index in [1.807, 2.05) is 0 Å². The number of urea groups is 1. The summed E-state index contributed by atoms with van der Waals surface area (Å²) in [6.07, 6.45) is 1.53. The summed E-state index contributed by atoms with van der Waals surface area (Å²) < 4.78 is 24.7. The van der Waals surface area contributed by atoms with Crippen LogP contribution in [0.3, 0.4) is 0 Å². The third-order valence-electron chi connectivity index (χ3n) is 3.58. The molecule has 0 spiro atoms. The van der Waals surface area contributed by atoms with E-state index >= 15 is 0 Å². The fraction of sp³-hybridized carbons (Fsp3) is 0.111. The van der Waals surface area contributed by atoms with E-state index in [9.17, 15) is 14.0 Å². The van der Waals surface area contributed by atoms with E-state index in [0.717, 1.165) is 5.56 Å². The van der Waals surface area contributed by atoms with Crippen LogP contribution in [-0.2, 0) is 11.4 Å². The Morgan fingerprint density at radius 1 is 1.15 bits per heavy atom. The van der Waals surface area contributed by atoms with Crippen LogP contribution in [0.25, 0.3) is 6.08 Å². The van der Waals surface area contributed by atoms with Gasteiger partial charge in [0.1, 0.15) is 18.1 Å². The van der Waals surface area contributed by atoms with Gasteiger partial charge in [0.05, 0.1) is 11.6 Å². The van der Waals surface area contributed by atoms with Crippen LogP contribution in [-0.4, -0.2) is 19.0 Å². The standard InChI is InChI=1S/C18H14BrFN2O4/c1-25-15-8-11(7-14-17(23)22-18(24)21-14)6-13(19)16(15)26-9-10-2-4-12(20)5-3-10/h2-8H,9H2,1H3,(H2,21,22,23,24)/b14-7-. The van der Waals surface area contributed by atoms with Gasteiger partial charge in [-0.15, -0.1) is 0 Å². The van der Waals surface area contributed by atoms with Crippen molar-refractivity contribution in [1.82, 2.24) is 10.6 Å². The Balaban J connectivity index is 1.83. The molecule has 6 nitrogen and oxygen atoms in total. The van der Waals surface area contributed by atoms with Crippen LogP contribution >= 0.6 is 15.9 Å². The lowest BCUT2D eigenvalue weighted by Crippen LogP contribution is -2.22. The lowest BCUT2D eigenvalue weighted by Gasteiger charge is -2.14. The maximum absolute atomic E-state index is 13.0. The minimum atomic E-state index is -0.563. The summed E-state index contributed by atoms with van der Waals surface area (Å²) in [7, 11) is 1.49. The van der Waals surface area contributed by atoms with Gasteiger partial charge in [0.25, 0.3) is 5.91 Å². The fourth-order valence-corrected chi connectivity index (χ4v) is 2.92. The molecule has 0 unspecified atom stereocenters. The van der Waals surface area contributed by atoms with Crippen molar-refractivity contribution in [3.63, 3.8) is 0 Å². The largest absolute Gasteiger partial charge is 0.493 e. The van der Waals surface area contributed by atoms with Crippen molar-refractivity contribution < 1.29 is 23.5 Å². The lowest BCUT2D eigenvalue weighted by atomic mass is 10.1. The molecule has 1 aliphatic heterocycles.